The van der Waals surface area contributed by atoms with Crippen LogP contribution < -0.4 is 10.4 Å². The Hall–Kier alpha value is -2.63. The van der Waals surface area contributed by atoms with Gasteiger partial charge >= 0.3 is 5.69 Å². The molecule has 0 spiro atoms. The first-order valence-corrected chi connectivity index (χ1v) is 5.43. The smallest absolute Gasteiger partial charge is 0.349 e. The van der Waals surface area contributed by atoms with Gasteiger partial charge in [0.15, 0.2) is 5.65 Å². The maximum Gasteiger partial charge on any atom is 0.349 e. The second-order valence-electron chi connectivity index (χ2n) is 3.75. The van der Waals surface area contributed by atoms with Crippen molar-refractivity contribution in [1.29, 1.82) is 0 Å². The molecule has 0 fully saturated rings. The topological polar surface area (TPSA) is 83.7 Å². The monoisotopic (exact) mass is 242 g/mol. The molecule has 3 aromatic rings. The highest BCUT2D eigenvalue weighted by Crippen LogP contribution is 2.16. The van der Waals surface area contributed by atoms with E-state index in [0.717, 1.165) is 5.56 Å². The lowest BCUT2D eigenvalue weighted by atomic mass is 10.2. The van der Waals surface area contributed by atoms with E-state index >= 15 is 0 Å². The lowest BCUT2D eigenvalue weighted by Crippen LogP contribution is -2.12. The van der Waals surface area contributed by atoms with E-state index in [9.17, 15) is 4.79 Å². The number of aromatic nitrogens is 4. The molecule has 6 heteroatoms. The maximum absolute atomic E-state index is 11.3. The highest BCUT2D eigenvalue weighted by Gasteiger charge is 2.08. The van der Waals surface area contributed by atoms with Gasteiger partial charge in [-0.05, 0) is 5.56 Å². The summed E-state index contributed by atoms with van der Waals surface area (Å²) in [6, 6.07) is 9.67. The number of fused-ring (bicyclic) bond motifs is 1. The van der Waals surface area contributed by atoms with Gasteiger partial charge in [0.2, 0.25) is 5.88 Å². The van der Waals surface area contributed by atoms with Crippen molar-refractivity contribution in [2.24, 2.45) is 0 Å². The normalized spacial score (nSPS) is 10.7. The van der Waals surface area contributed by atoms with Crippen LogP contribution in [0, 0.1) is 0 Å². The number of nitrogens with zero attached hydrogens (tertiary/aromatic N) is 2. The summed E-state index contributed by atoms with van der Waals surface area (Å²) in [5.74, 6) is 0.259. The van der Waals surface area contributed by atoms with Crippen LogP contribution >= 0.6 is 0 Å². The zero-order valence-electron chi connectivity index (χ0n) is 9.38. The largest absolute Gasteiger partial charge is 0.471 e. The van der Waals surface area contributed by atoms with Crippen molar-refractivity contribution in [3.8, 4) is 5.88 Å². The summed E-state index contributed by atoms with van der Waals surface area (Å²) in [5.41, 5.74) is 1.56. The van der Waals surface area contributed by atoms with Crippen molar-refractivity contribution in [2.45, 2.75) is 6.61 Å². The predicted octanol–water partition coefficient (Wildman–Crippen LogP) is 1.23. The van der Waals surface area contributed by atoms with Crippen LogP contribution in [0.5, 0.6) is 5.88 Å². The number of rotatable bonds is 3. The summed E-state index contributed by atoms with van der Waals surface area (Å²) in [6.07, 6.45) is 1.48. The molecule has 0 aliphatic carbocycles. The Bertz CT molecular complexity index is 718. The van der Waals surface area contributed by atoms with Crippen LogP contribution in [0.4, 0.5) is 0 Å². The average Bonchev–Trinajstić information content (AvgIpc) is 2.85. The number of hydrogen-bond donors (Lipinski definition) is 2. The summed E-state index contributed by atoms with van der Waals surface area (Å²) in [6.45, 7) is 0.353. The second-order valence-corrected chi connectivity index (χ2v) is 3.75. The number of H-pyrrole nitrogens is 2. The minimum absolute atomic E-state index is 0.259. The molecule has 0 unspecified atom stereocenters. The van der Waals surface area contributed by atoms with Crippen LogP contribution in [0.2, 0.25) is 0 Å². The van der Waals surface area contributed by atoms with Crippen LogP contribution in [-0.4, -0.2) is 19.9 Å². The molecular formula is C12H10N4O2. The van der Waals surface area contributed by atoms with E-state index in [1.165, 1.54) is 6.33 Å². The first-order chi connectivity index (χ1) is 8.83. The third-order valence-corrected chi connectivity index (χ3v) is 2.50. The molecule has 0 amide bonds. The molecule has 0 bridgehead atoms. The Labute approximate surface area is 102 Å². The summed E-state index contributed by atoms with van der Waals surface area (Å²) in [5, 5.41) is 0. The molecule has 1 aromatic carbocycles. The molecule has 0 atom stereocenters. The summed E-state index contributed by atoms with van der Waals surface area (Å²) in [7, 11) is 0. The van der Waals surface area contributed by atoms with Gasteiger partial charge in [0.05, 0.1) is 6.33 Å². The number of benzene rings is 1. The maximum atomic E-state index is 11.3. The fraction of sp³-hybridized carbons (Fsp3) is 0.0833. The number of ether oxygens (including phenoxy) is 1. The van der Waals surface area contributed by atoms with Gasteiger partial charge in [0, 0.05) is 0 Å². The van der Waals surface area contributed by atoms with Gasteiger partial charge in [-0.2, -0.15) is 4.98 Å². The lowest BCUT2D eigenvalue weighted by molar-refractivity contribution is 0.296. The molecule has 0 aliphatic heterocycles. The fourth-order valence-electron chi connectivity index (χ4n) is 1.66. The quantitative estimate of drug-likeness (QED) is 0.723. The van der Waals surface area contributed by atoms with Crippen molar-refractivity contribution >= 4 is 11.2 Å². The van der Waals surface area contributed by atoms with Gasteiger partial charge in [-0.3, -0.25) is 4.98 Å². The van der Waals surface area contributed by atoms with E-state index in [1.807, 2.05) is 30.3 Å². The van der Waals surface area contributed by atoms with Crippen molar-refractivity contribution in [2.75, 3.05) is 0 Å². The van der Waals surface area contributed by atoms with E-state index in [-0.39, 0.29) is 5.88 Å². The van der Waals surface area contributed by atoms with Gasteiger partial charge in [-0.15, -0.1) is 0 Å². The molecule has 6 nitrogen and oxygen atoms in total. The average molecular weight is 242 g/mol. The SMILES string of the molecule is O=c1nc(OCc2ccccc2)c2[nH]cnc2[nH]1. The number of nitrogens with one attached hydrogen (secondary N) is 2. The van der Waals surface area contributed by atoms with E-state index in [1.54, 1.807) is 0 Å². The van der Waals surface area contributed by atoms with Crippen LogP contribution in [0.3, 0.4) is 0 Å². The Morgan fingerprint density at radius 3 is 2.89 bits per heavy atom. The third kappa shape index (κ3) is 1.95. The van der Waals surface area contributed by atoms with Gasteiger partial charge in [-0.1, -0.05) is 30.3 Å². The number of hydrogen-bond acceptors (Lipinski definition) is 4. The molecule has 0 radical (unpaired) electrons. The standard InChI is InChI=1S/C12H10N4O2/c17-12-15-10-9(13-7-14-10)11(16-12)18-6-8-4-2-1-3-5-8/h1-5,7H,6H2,(H2,13,14,15,16,17). The van der Waals surface area contributed by atoms with Crippen LogP contribution in [0.25, 0.3) is 11.2 Å². The highest BCUT2D eigenvalue weighted by molar-refractivity contribution is 5.74. The van der Waals surface area contributed by atoms with Gasteiger partial charge in [-0.25, -0.2) is 9.78 Å². The van der Waals surface area contributed by atoms with Crippen molar-refractivity contribution < 1.29 is 4.74 Å². The number of aromatic amines is 2. The zero-order chi connectivity index (χ0) is 12.4. The molecule has 0 saturated heterocycles. The Kier molecular flexibility index (Phi) is 2.53. The molecular weight excluding hydrogens is 232 g/mol. The Balaban J connectivity index is 1.91. The Morgan fingerprint density at radius 2 is 2.06 bits per heavy atom. The van der Waals surface area contributed by atoms with E-state index in [2.05, 4.69) is 19.9 Å². The fourth-order valence-corrected chi connectivity index (χ4v) is 1.66. The van der Waals surface area contributed by atoms with E-state index in [0.29, 0.717) is 17.8 Å². The molecule has 90 valence electrons. The first-order valence-electron chi connectivity index (χ1n) is 5.43. The summed E-state index contributed by atoms with van der Waals surface area (Å²) in [4.78, 5) is 24.5. The highest BCUT2D eigenvalue weighted by atomic mass is 16.5. The minimum Gasteiger partial charge on any atom is -0.471 e. The molecule has 3 rings (SSSR count). The molecule has 0 aliphatic rings. The zero-order valence-corrected chi connectivity index (χ0v) is 9.38. The second kappa shape index (κ2) is 4.33. The molecule has 2 N–H and O–H groups in total. The van der Waals surface area contributed by atoms with Gasteiger partial charge < -0.3 is 9.72 Å². The van der Waals surface area contributed by atoms with Crippen molar-refractivity contribution in [3.63, 3.8) is 0 Å². The van der Waals surface area contributed by atoms with Gasteiger partial charge in [0.25, 0.3) is 0 Å². The van der Waals surface area contributed by atoms with Crippen LogP contribution in [-0.2, 0) is 6.61 Å². The molecule has 2 aromatic heterocycles. The van der Waals surface area contributed by atoms with Crippen molar-refractivity contribution in [3.05, 3.63) is 52.7 Å². The van der Waals surface area contributed by atoms with E-state index < -0.39 is 5.69 Å². The van der Waals surface area contributed by atoms with Crippen LogP contribution in [0.15, 0.2) is 41.5 Å². The Morgan fingerprint density at radius 1 is 1.22 bits per heavy atom. The lowest BCUT2D eigenvalue weighted by Gasteiger charge is -2.05. The summed E-state index contributed by atoms with van der Waals surface area (Å²) < 4.78 is 5.54. The predicted molar refractivity (Wildman–Crippen MR) is 65.3 cm³/mol. The van der Waals surface area contributed by atoms with Gasteiger partial charge in [0.1, 0.15) is 12.1 Å². The number of imidazole rings is 1. The van der Waals surface area contributed by atoms with Crippen molar-refractivity contribution in [1.82, 2.24) is 19.9 Å². The molecule has 2 heterocycles. The molecule has 0 saturated carbocycles. The third-order valence-electron chi connectivity index (χ3n) is 2.50. The summed E-state index contributed by atoms with van der Waals surface area (Å²) >= 11 is 0. The van der Waals surface area contributed by atoms with E-state index in [4.69, 9.17) is 4.74 Å². The van der Waals surface area contributed by atoms with Crippen LogP contribution in [0.1, 0.15) is 5.56 Å². The molecule has 18 heavy (non-hydrogen) atoms. The minimum atomic E-state index is -0.474. The first kappa shape index (κ1) is 10.5.